The number of carbonyl (C=O) groups is 1. The van der Waals surface area contributed by atoms with E-state index in [9.17, 15) is 4.79 Å². The smallest absolute Gasteiger partial charge is 0.238 e. The first-order valence-electron chi connectivity index (χ1n) is 6.98. The van der Waals surface area contributed by atoms with Crippen LogP contribution in [-0.4, -0.2) is 37.1 Å². The summed E-state index contributed by atoms with van der Waals surface area (Å²) < 4.78 is 5.46. The van der Waals surface area contributed by atoms with E-state index in [-0.39, 0.29) is 12.1 Å². The summed E-state index contributed by atoms with van der Waals surface area (Å²) in [4.78, 5) is 13.8. The number of ether oxygens (including phenoxy) is 1. The maximum Gasteiger partial charge on any atom is 0.238 e. The molecule has 0 spiro atoms. The molecule has 104 valence electrons. The maximum absolute atomic E-state index is 11.9. The number of amides is 1. The number of carbonyl (C=O) groups excluding carboxylic acids is 1. The monoisotopic (exact) mass is 262 g/mol. The summed E-state index contributed by atoms with van der Waals surface area (Å²) in [5.41, 5.74) is 1.14. The van der Waals surface area contributed by atoms with Crippen LogP contribution in [0.15, 0.2) is 30.3 Å². The van der Waals surface area contributed by atoms with Crippen LogP contribution >= 0.6 is 0 Å². The second kappa shape index (κ2) is 7.26. The fraction of sp³-hybridized carbons (Fsp3) is 0.533. The SMILES string of the molecule is CCCOCCCN1C(=O)CNC1c1ccccc1. The van der Waals surface area contributed by atoms with E-state index >= 15 is 0 Å². The molecule has 0 bridgehead atoms. The van der Waals surface area contributed by atoms with Gasteiger partial charge in [-0.1, -0.05) is 37.3 Å². The van der Waals surface area contributed by atoms with Gasteiger partial charge in [-0.05, 0) is 18.4 Å². The molecule has 1 N–H and O–H groups in total. The van der Waals surface area contributed by atoms with Crippen molar-refractivity contribution in [3.63, 3.8) is 0 Å². The highest BCUT2D eigenvalue weighted by molar-refractivity contribution is 5.80. The van der Waals surface area contributed by atoms with Gasteiger partial charge >= 0.3 is 0 Å². The van der Waals surface area contributed by atoms with Gasteiger partial charge in [-0.3, -0.25) is 10.1 Å². The third kappa shape index (κ3) is 3.78. The van der Waals surface area contributed by atoms with Crippen LogP contribution in [0, 0.1) is 0 Å². The van der Waals surface area contributed by atoms with Crippen LogP contribution in [-0.2, 0) is 9.53 Å². The van der Waals surface area contributed by atoms with Gasteiger partial charge in [-0.15, -0.1) is 0 Å². The van der Waals surface area contributed by atoms with E-state index in [1.807, 2.05) is 23.1 Å². The topological polar surface area (TPSA) is 41.6 Å². The van der Waals surface area contributed by atoms with E-state index in [1.165, 1.54) is 0 Å². The average Bonchev–Trinajstić information content (AvgIpc) is 2.81. The fourth-order valence-corrected chi connectivity index (χ4v) is 2.31. The predicted octanol–water partition coefficient (Wildman–Crippen LogP) is 1.93. The van der Waals surface area contributed by atoms with E-state index in [0.29, 0.717) is 6.54 Å². The highest BCUT2D eigenvalue weighted by atomic mass is 16.5. The molecule has 1 saturated heterocycles. The molecule has 1 heterocycles. The van der Waals surface area contributed by atoms with Crippen LogP contribution in [0.25, 0.3) is 0 Å². The van der Waals surface area contributed by atoms with Crippen molar-refractivity contribution in [2.75, 3.05) is 26.3 Å². The van der Waals surface area contributed by atoms with Gasteiger partial charge in [0.15, 0.2) is 0 Å². The Morgan fingerprint density at radius 3 is 2.84 bits per heavy atom. The minimum Gasteiger partial charge on any atom is -0.381 e. The van der Waals surface area contributed by atoms with Crippen molar-refractivity contribution >= 4 is 5.91 Å². The minimum atomic E-state index is 0.0138. The summed E-state index contributed by atoms with van der Waals surface area (Å²) in [5.74, 6) is 0.171. The Hall–Kier alpha value is -1.39. The summed E-state index contributed by atoms with van der Waals surface area (Å²) >= 11 is 0. The summed E-state index contributed by atoms with van der Waals surface area (Å²) in [5, 5.41) is 3.26. The molecule has 0 aliphatic carbocycles. The number of hydrogen-bond acceptors (Lipinski definition) is 3. The van der Waals surface area contributed by atoms with Crippen LogP contribution < -0.4 is 5.32 Å². The zero-order valence-electron chi connectivity index (χ0n) is 11.5. The van der Waals surface area contributed by atoms with Crippen molar-refractivity contribution < 1.29 is 9.53 Å². The number of rotatable bonds is 7. The molecule has 1 unspecified atom stereocenters. The van der Waals surface area contributed by atoms with Crippen molar-refractivity contribution in [2.24, 2.45) is 0 Å². The van der Waals surface area contributed by atoms with Gasteiger partial charge in [0.05, 0.1) is 6.54 Å². The first kappa shape index (κ1) is 14.0. The molecule has 1 aromatic carbocycles. The van der Waals surface area contributed by atoms with E-state index in [2.05, 4.69) is 24.4 Å². The molecule has 1 amide bonds. The van der Waals surface area contributed by atoms with Gasteiger partial charge in [0.1, 0.15) is 6.17 Å². The molecule has 2 rings (SSSR count). The first-order valence-corrected chi connectivity index (χ1v) is 6.98. The van der Waals surface area contributed by atoms with Gasteiger partial charge in [-0.2, -0.15) is 0 Å². The van der Waals surface area contributed by atoms with Crippen LogP contribution in [0.5, 0.6) is 0 Å². The number of hydrogen-bond donors (Lipinski definition) is 1. The zero-order chi connectivity index (χ0) is 13.5. The van der Waals surface area contributed by atoms with E-state index < -0.39 is 0 Å². The molecule has 19 heavy (non-hydrogen) atoms. The van der Waals surface area contributed by atoms with E-state index in [4.69, 9.17) is 4.74 Å². The molecule has 0 saturated carbocycles. The van der Waals surface area contributed by atoms with E-state index in [0.717, 1.165) is 38.2 Å². The fourth-order valence-electron chi connectivity index (χ4n) is 2.31. The molecular formula is C15H22N2O2. The molecule has 1 aliphatic rings. The second-order valence-corrected chi connectivity index (χ2v) is 4.75. The van der Waals surface area contributed by atoms with Gasteiger partial charge < -0.3 is 9.64 Å². The minimum absolute atomic E-state index is 0.0138. The Balaban J connectivity index is 1.87. The normalized spacial score (nSPS) is 19.1. The lowest BCUT2D eigenvalue weighted by Crippen LogP contribution is -2.31. The Labute approximate surface area is 114 Å². The van der Waals surface area contributed by atoms with Crippen LogP contribution in [0.4, 0.5) is 0 Å². The van der Waals surface area contributed by atoms with Gasteiger partial charge in [0, 0.05) is 19.8 Å². The van der Waals surface area contributed by atoms with Crippen molar-refractivity contribution in [1.29, 1.82) is 0 Å². The number of nitrogens with zero attached hydrogens (tertiary/aromatic N) is 1. The van der Waals surface area contributed by atoms with Crippen LogP contribution in [0.3, 0.4) is 0 Å². The van der Waals surface area contributed by atoms with Crippen molar-refractivity contribution in [3.05, 3.63) is 35.9 Å². The summed E-state index contributed by atoms with van der Waals surface area (Å²) in [6.45, 7) is 4.79. The molecule has 0 radical (unpaired) electrons. The predicted molar refractivity (Wildman–Crippen MR) is 74.6 cm³/mol. The lowest BCUT2D eigenvalue weighted by atomic mass is 10.1. The van der Waals surface area contributed by atoms with Crippen molar-refractivity contribution in [1.82, 2.24) is 10.2 Å². The average molecular weight is 262 g/mol. The molecule has 4 nitrogen and oxygen atoms in total. The molecule has 4 heteroatoms. The first-order chi connectivity index (χ1) is 9.33. The lowest BCUT2D eigenvalue weighted by Gasteiger charge is -2.24. The maximum atomic E-state index is 11.9. The Morgan fingerprint density at radius 2 is 2.11 bits per heavy atom. The third-order valence-electron chi connectivity index (χ3n) is 3.23. The summed E-state index contributed by atoms with van der Waals surface area (Å²) in [7, 11) is 0. The molecular weight excluding hydrogens is 240 g/mol. The molecule has 1 atom stereocenters. The summed E-state index contributed by atoms with van der Waals surface area (Å²) in [6, 6.07) is 10.1. The molecule has 0 aromatic heterocycles. The highest BCUT2D eigenvalue weighted by Crippen LogP contribution is 2.22. The van der Waals surface area contributed by atoms with Crippen LogP contribution in [0.1, 0.15) is 31.5 Å². The van der Waals surface area contributed by atoms with Gasteiger partial charge in [-0.25, -0.2) is 0 Å². The van der Waals surface area contributed by atoms with E-state index in [1.54, 1.807) is 0 Å². The van der Waals surface area contributed by atoms with Gasteiger partial charge in [0.2, 0.25) is 5.91 Å². The Morgan fingerprint density at radius 1 is 1.32 bits per heavy atom. The zero-order valence-corrected chi connectivity index (χ0v) is 11.5. The summed E-state index contributed by atoms with van der Waals surface area (Å²) in [6.07, 6.45) is 1.94. The lowest BCUT2D eigenvalue weighted by molar-refractivity contribution is -0.128. The largest absolute Gasteiger partial charge is 0.381 e. The van der Waals surface area contributed by atoms with Gasteiger partial charge in [0.25, 0.3) is 0 Å². The molecule has 1 aromatic rings. The molecule has 1 aliphatic heterocycles. The molecule has 1 fully saturated rings. The highest BCUT2D eigenvalue weighted by Gasteiger charge is 2.30. The second-order valence-electron chi connectivity index (χ2n) is 4.75. The Bertz CT molecular complexity index is 394. The third-order valence-corrected chi connectivity index (χ3v) is 3.23. The van der Waals surface area contributed by atoms with Crippen molar-refractivity contribution in [2.45, 2.75) is 25.9 Å². The quantitative estimate of drug-likeness (QED) is 0.763. The number of benzene rings is 1. The Kier molecular flexibility index (Phi) is 5.36. The number of nitrogens with one attached hydrogen (secondary N) is 1. The van der Waals surface area contributed by atoms with Crippen LogP contribution in [0.2, 0.25) is 0 Å². The van der Waals surface area contributed by atoms with Crippen molar-refractivity contribution in [3.8, 4) is 0 Å². The standard InChI is InChI=1S/C15H22N2O2/c1-2-10-19-11-6-9-17-14(18)12-16-15(17)13-7-4-3-5-8-13/h3-5,7-8,15-16H,2,6,9-12H2,1H3.